The topological polar surface area (TPSA) is 105 Å². The summed E-state index contributed by atoms with van der Waals surface area (Å²) in [7, 11) is 0. The van der Waals surface area contributed by atoms with Gasteiger partial charge in [0.05, 0.1) is 6.04 Å². The van der Waals surface area contributed by atoms with Crippen molar-refractivity contribution >= 4 is 24.2 Å². The van der Waals surface area contributed by atoms with Crippen molar-refractivity contribution in [1.29, 1.82) is 0 Å². The van der Waals surface area contributed by atoms with Crippen LogP contribution in [-0.2, 0) is 25.7 Å². The van der Waals surface area contributed by atoms with E-state index in [2.05, 4.69) is 10.6 Å². The summed E-state index contributed by atoms with van der Waals surface area (Å²) in [5, 5.41) is 5.14. The molecule has 1 aromatic carbocycles. The number of ether oxygens (including phenoxy) is 1. The fourth-order valence-electron chi connectivity index (χ4n) is 3.30. The van der Waals surface area contributed by atoms with Crippen LogP contribution in [0.1, 0.15) is 38.7 Å². The van der Waals surface area contributed by atoms with Gasteiger partial charge in [-0.2, -0.15) is 0 Å². The van der Waals surface area contributed by atoms with Crippen LogP contribution in [0, 0.1) is 5.92 Å². The summed E-state index contributed by atoms with van der Waals surface area (Å²) >= 11 is 0. The van der Waals surface area contributed by atoms with Gasteiger partial charge in [-0.1, -0.05) is 44.2 Å². The average molecular weight is 403 g/mol. The number of carbonyl (C=O) groups excluding carboxylic acids is 4. The highest BCUT2D eigenvalue weighted by atomic mass is 16.5. The zero-order valence-electron chi connectivity index (χ0n) is 16.9. The maximum Gasteiger partial charge on any atom is 0.407 e. The van der Waals surface area contributed by atoms with Gasteiger partial charge in [-0.05, 0) is 30.7 Å². The van der Waals surface area contributed by atoms with Gasteiger partial charge in [0.15, 0.2) is 0 Å². The first-order chi connectivity index (χ1) is 13.9. The Kier molecular flexibility index (Phi) is 8.64. The minimum atomic E-state index is -0.694. The Morgan fingerprint density at radius 2 is 1.97 bits per heavy atom. The average Bonchev–Trinajstić information content (AvgIpc) is 3.20. The number of aldehydes is 1. The lowest BCUT2D eigenvalue weighted by Crippen LogP contribution is -2.51. The minimum Gasteiger partial charge on any atom is -0.445 e. The molecule has 1 heterocycles. The monoisotopic (exact) mass is 403 g/mol. The van der Waals surface area contributed by atoms with Gasteiger partial charge in [-0.25, -0.2) is 4.79 Å². The summed E-state index contributed by atoms with van der Waals surface area (Å²) in [5.41, 5.74) is 0.844. The third-order valence-electron chi connectivity index (χ3n) is 4.69. The van der Waals surface area contributed by atoms with Crippen LogP contribution < -0.4 is 10.6 Å². The van der Waals surface area contributed by atoms with Gasteiger partial charge in [0.25, 0.3) is 0 Å². The molecule has 0 radical (unpaired) electrons. The lowest BCUT2D eigenvalue weighted by atomic mass is 10.0. The quantitative estimate of drug-likeness (QED) is 0.610. The zero-order chi connectivity index (χ0) is 21.2. The molecule has 8 nitrogen and oxygen atoms in total. The number of nitrogens with zero attached hydrogens (tertiary/aromatic N) is 1. The van der Waals surface area contributed by atoms with E-state index >= 15 is 0 Å². The van der Waals surface area contributed by atoms with Gasteiger partial charge in [-0.15, -0.1) is 0 Å². The second-order valence-electron chi connectivity index (χ2n) is 7.54. The lowest BCUT2D eigenvalue weighted by Gasteiger charge is -2.25. The normalized spacial score (nSPS) is 16.9. The minimum absolute atomic E-state index is 0.110. The molecule has 1 aliphatic heterocycles. The maximum atomic E-state index is 12.5. The molecule has 2 rings (SSSR count). The number of benzene rings is 1. The number of amides is 3. The van der Waals surface area contributed by atoms with Gasteiger partial charge < -0.3 is 25.1 Å². The largest absolute Gasteiger partial charge is 0.445 e. The van der Waals surface area contributed by atoms with E-state index in [1.807, 2.05) is 44.2 Å². The Bertz CT molecular complexity index is 708. The van der Waals surface area contributed by atoms with Crippen LogP contribution in [-0.4, -0.2) is 54.3 Å². The predicted octanol–water partition coefficient (Wildman–Crippen LogP) is 1.63. The molecule has 1 aliphatic rings. The van der Waals surface area contributed by atoms with Crippen LogP contribution in [0.5, 0.6) is 0 Å². The van der Waals surface area contributed by atoms with Crippen LogP contribution in [0.3, 0.4) is 0 Å². The molecule has 1 saturated heterocycles. The number of rotatable bonds is 9. The molecule has 1 fully saturated rings. The van der Waals surface area contributed by atoms with Crippen LogP contribution in [0.25, 0.3) is 0 Å². The van der Waals surface area contributed by atoms with Crippen molar-refractivity contribution in [2.45, 2.75) is 51.8 Å². The molecule has 1 aromatic rings. The predicted molar refractivity (Wildman–Crippen MR) is 107 cm³/mol. The van der Waals surface area contributed by atoms with E-state index in [0.717, 1.165) is 11.8 Å². The Balaban J connectivity index is 1.80. The van der Waals surface area contributed by atoms with Crippen molar-refractivity contribution in [1.82, 2.24) is 15.5 Å². The Morgan fingerprint density at radius 3 is 2.62 bits per heavy atom. The SMILES string of the molecule is CC(C)C[C@@H](C=O)NC(=O)[C@@H]1CCCN1C(=O)CNC(=O)OCc1ccccc1. The molecule has 0 aromatic heterocycles. The summed E-state index contributed by atoms with van der Waals surface area (Å²) in [4.78, 5) is 49.5. The second-order valence-corrected chi connectivity index (χ2v) is 7.54. The number of alkyl carbamates (subject to hydrolysis) is 1. The standard InChI is InChI=1S/C21H29N3O5/c1-15(2)11-17(13-25)23-20(27)18-9-6-10-24(18)19(26)12-22-21(28)29-14-16-7-4-3-5-8-16/h3-5,7-8,13,15,17-18H,6,9-12,14H2,1-2H3,(H,22,28)(H,23,27)/t17-,18-/m0/s1. The maximum absolute atomic E-state index is 12.5. The number of carbonyl (C=O) groups is 4. The zero-order valence-corrected chi connectivity index (χ0v) is 16.9. The summed E-state index contributed by atoms with van der Waals surface area (Å²) in [6, 6.07) is 8.02. The summed E-state index contributed by atoms with van der Waals surface area (Å²) in [5.74, 6) is -0.427. The Morgan fingerprint density at radius 1 is 1.24 bits per heavy atom. The van der Waals surface area contributed by atoms with E-state index in [1.54, 1.807) is 0 Å². The first kappa shape index (κ1) is 22.4. The van der Waals surface area contributed by atoms with Gasteiger partial charge in [0.2, 0.25) is 11.8 Å². The third kappa shape index (κ3) is 7.21. The summed E-state index contributed by atoms with van der Waals surface area (Å²) in [6.07, 6.45) is 1.80. The fourth-order valence-corrected chi connectivity index (χ4v) is 3.30. The molecule has 29 heavy (non-hydrogen) atoms. The molecule has 3 amide bonds. The number of hydrogen-bond acceptors (Lipinski definition) is 5. The van der Waals surface area contributed by atoms with Crippen molar-refractivity contribution in [3.05, 3.63) is 35.9 Å². The lowest BCUT2D eigenvalue weighted by molar-refractivity contribution is -0.138. The molecular weight excluding hydrogens is 374 g/mol. The van der Waals surface area contributed by atoms with Gasteiger partial charge in [0.1, 0.15) is 25.5 Å². The van der Waals surface area contributed by atoms with Crippen molar-refractivity contribution in [2.24, 2.45) is 5.92 Å². The summed E-state index contributed by atoms with van der Waals surface area (Å²) < 4.78 is 5.08. The third-order valence-corrected chi connectivity index (χ3v) is 4.69. The second kappa shape index (κ2) is 11.2. The van der Waals surface area contributed by atoms with Crippen molar-refractivity contribution < 1.29 is 23.9 Å². The fraction of sp³-hybridized carbons (Fsp3) is 0.524. The highest BCUT2D eigenvalue weighted by molar-refractivity contribution is 5.91. The first-order valence-corrected chi connectivity index (χ1v) is 9.90. The Hall–Kier alpha value is -2.90. The molecule has 0 spiro atoms. The number of hydrogen-bond donors (Lipinski definition) is 2. The van der Waals surface area contributed by atoms with E-state index in [0.29, 0.717) is 25.8 Å². The molecule has 0 saturated carbocycles. The smallest absolute Gasteiger partial charge is 0.407 e. The van der Waals surface area contributed by atoms with Gasteiger partial charge in [0, 0.05) is 6.54 Å². The van der Waals surface area contributed by atoms with Crippen molar-refractivity contribution in [3.63, 3.8) is 0 Å². The molecule has 0 unspecified atom stereocenters. The molecular formula is C21H29N3O5. The highest BCUT2D eigenvalue weighted by Gasteiger charge is 2.34. The molecule has 2 N–H and O–H groups in total. The van der Waals surface area contributed by atoms with E-state index in [1.165, 1.54) is 4.90 Å². The van der Waals surface area contributed by atoms with Crippen LogP contribution in [0.4, 0.5) is 4.79 Å². The van der Waals surface area contributed by atoms with Crippen molar-refractivity contribution in [3.8, 4) is 0 Å². The highest BCUT2D eigenvalue weighted by Crippen LogP contribution is 2.18. The number of nitrogens with one attached hydrogen (secondary N) is 2. The van der Waals surface area contributed by atoms with Crippen LogP contribution in [0.2, 0.25) is 0 Å². The van der Waals surface area contributed by atoms with Crippen LogP contribution in [0.15, 0.2) is 30.3 Å². The van der Waals surface area contributed by atoms with Gasteiger partial charge in [-0.3, -0.25) is 9.59 Å². The van der Waals surface area contributed by atoms with E-state index in [-0.39, 0.29) is 30.9 Å². The van der Waals surface area contributed by atoms with E-state index < -0.39 is 18.2 Å². The molecule has 158 valence electrons. The van der Waals surface area contributed by atoms with Crippen molar-refractivity contribution in [2.75, 3.05) is 13.1 Å². The molecule has 2 atom stereocenters. The summed E-state index contributed by atoms with van der Waals surface area (Å²) in [6.45, 7) is 4.24. The number of likely N-dealkylation sites (tertiary alicyclic amines) is 1. The van der Waals surface area contributed by atoms with Gasteiger partial charge >= 0.3 is 6.09 Å². The molecule has 0 bridgehead atoms. The van der Waals surface area contributed by atoms with E-state index in [4.69, 9.17) is 4.74 Å². The van der Waals surface area contributed by atoms with Crippen LogP contribution >= 0.6 is 0 Å². The van der Waals surface area contributed by atoms with E-state index in [9.17, 15) is 19.2 Å². The molecule has 0 aliphatic carbocycles. The Labute approximate surface area is 171 Å². The first-order valence-electron chi connectivity index (χ1n) is 9.90. The molecule has 8 heteroatoms.